The van der Waals surface area contributed by atoms with Crippen LogP contribution in [0.5, 0.6) is 0 Å². The molecule has 0 aliphatic carbocycles. The van der Waals surface area contributed by atoms with E-state index in [2.05, 4.69) is 19.8 Å². The molecule has 14 heteroatoms. The summed E-state index contributed by atoms with van der Waals surface area (Å²) < 4.78 is 58.6. The van der Waals surface area contributed by atoms with Gasteiger partial charge in [0.15, 0.2) is 5.69 Å². The molecule has 2 aromatic heterocycles. The van der Waals surface area contributed by atoms with E-state index in [0.717, 1.165) is 16.7 Å². The van der Waals surface area contributed by atoms with E-state index in [1.54, 1.807) is 25.2 Å². The number of carbonyl (C=O) groups is 1. The number of carbonyl (C=O) groups excluding carboxylic acids is 1. The summed E-state index contributed by atoms with van der Waals surface area (Å²) in [4.78, 5) is 31.3. The van der Waals surface area contributed by atoms with E-state index in [-0.39, 0.29) is 23.6 Å². The van der Waals surface area contributed by atoms with Gasteiger partial charge in [-0.2, -0.15) is 23.5 Å². The topological polar surface area (TPSA) is 135 Å². The lowest BCUT2D eigenvalue weighted by Crippen LogP contribution is -2.35. The van der Waals surface area contributed by atoms with E-state index in [9.17, 15) is 27.0 Å². The van der Waals surface area contributed by atoms with Crippen molar-refractivity contribution in [2.45, 2.75) is 24.5 Å². The average molecular weight is 570 g/mol. The number of aryl methyl sites for hydroxylation is 1. The van der Waals surface area contributed by atoms with Gasteiger partial charge in [0.25, 0.3) is 11.5 Å². The molecular formula is C26H22F3N7O3S. The molecule has 0 saturated heterocycles. The maximum atomic E-state index is 13.5. The van der Waals surface area contributed by atoms with Crippen LogP contribution in [0, 0.1) is 18.4 Å². The molecule has 2 aromatic carbocycles. The minimum Gasteiger partial charge on any atom is -0.346 e. The summed E-state index contributed by atoms with van der Waals surface area (Å²) >= 11 is 0. The molecule has 1 unspecified atom stereocenters. The van der Waals surface area contributed by atoms with Crippen LogP contribution in [0.4, 0.5) is 13.2 Å². The Balaban J connectivity index is 1.75. The van der Waals surface area contributed by atoms with Crippen LogP contribution >= 0.6 is 0 Å². The van der Waals surface area contributed by atoms with E-state index >= 15 is 0 Å². The Kier molecular flexibility index (Phi) is 7.61. The standard InChI is InChI=1S/C26H22F3N7O3S/c1-16-22(21-11-12-32-35(21)2)34-23(25(38)36(16)19-6-4-5-18(13-19)26(27,28)29)24(37)31-14-17-7-9-20(10-8-17)40(3,39)33-15-30/h4-13H,14H2,1-3H3,(H,31,37). The van der Waals surface area contributed by atoms with Crippen LogP contribution in [-0.2, 0) is 29.5 Å². The van der Waals surface area contributed by atoms with Gasteiger partial charge in [-0.25, -0.2) is 9.19 Å². The van der Waals surface area contributed by atoms with Crippen molar-refractivity contribution in [3.05, 3.63) is 93.7 Å². The summed E-state index contributed by atoms with van der Waals surface area (Å²) in [6.07, 6.45) is -0.309. The fourth-order valence-corrected chi connectivity index (χ4v) is 4.89. The van der Waals surface area contributed by atoms with Gasteiger partial charge in [0.05, 0.1) is 26.7 Å². The molecule has 10 nitrogen and oxygen atoms in total. The number of aromatic nitrogens is 4. The first-order chi connectivity index (χ1) is 18.8. The van der Waals surface area contributed by atoms with E-state index < -0.39 is 38.6 Å². The van der Waals surface area contributed by atoms with Gasteiger partial charge >= 0.3 is 6.18 Å². The highest BCUT2D eigenvalue weighted by molar-refractivity contribution is 7.93. The lowest BCUT2D eigenvalue weighted by molar-refractivity contribution is -0.137. The zero-order valence-corrected chi connectivity index (χ0v) is 22.2. The van der Waals surface area contributed by atoms with Crippen molar-refractivity contribution >= 4 is 15.6 Å². The fraction of sp³-hybridized carbons (Fsp3) is 0.192. The molecule has 1 atom stereocenters. The van der Waals surface area contributed by atoms with Crippen molar-refractivity contribution in [1.82, 2.24) is 24.6 Å². The average Bonchev–Trinajstić information content (AvgIpc) is 3.33. The number of nitrogens with one attached hydrogen (secondary N) is 1. The molecule has 0 aliphatic rings. The van der Waals surface area contributed by atoms with Gasteiger partial charge in [-0.1, -0.05) is 18.2 Å². The number of hydrogen-bond acceptors (Lipinski definition) is 7. The summed E-state index contributed by atoms with van der Waals surface area (Å²) in [6, 6.07) is 12.0. The number of halogens is 3. The molecule has 0 radical (unpaired) electrons. The van der Waals surface area contributed by atoms with E-state index in [0.29, 0.717) is 16.2 Å². The van der Waals surface area contributed by atoms with Gasteiger partial charge in [0.2, 0.25) is 6.19 Å². The smallest absolute Gasteiger partial charge is 0.346 e. The SMILES string of the molecule is Cc1c(-c2ccnn2C)nc(C(=O)NCc2ccc(S(C)(=O)=NC#N)cc2)c(=O)n1-c1cccc(C(F)(F)F)c1. The second-order valence-electron chi connectivity index (χ2n) is 8.74. The number of nitriles is 1. The van der Waals surface area contributed by atoms with E-state index in [1.165, 1.54) is 54.5 Å². The van der Waals surface area contributed by atoms with Gasteiger partial charge in [0, 0.05) is 36.6 Å². The highest BCUT2D eigenvalue weighted by Gasteiger charge is 2.31. The lowest BCUT2D eigenvalue weighted by atomic mass is 10.1. The molecule has 0 spiro atoms. The first kappa shape index (κ1) is 28.2. The van der Waals surface area contributed by atoms with Crippen LogP contribution < -0.4 is 10.9 Å². The van der Waals surface area contributed by atoms with Crippen LogP contribution in [0.25, 0.3) is 17.1 Å². The van der Waals surface area contributed by atoms with Crippen LogP contribution in [0.1, 0.15) is 27.3 Å². The van der Waals surface area contributed by atoms with Crippen LogP contribution in [-0.4, -0.2) is 35.7 Å². The zero-order chi connectivity index (χ0) is 29.2. The molecule has 0 saturated carbocycles. The summed E-state index contributed by atoms with van der Waals surface area (Å²) in [6.45, 7) is 1.48. The van der Waals surface area contributed by atoms with Crippen molar-refractivity contribution in [1.29, 1.82) is 5.26 Å². The third-order valence-electron chi connectivity index (χ3n) is 6.05. The minimum absolute atomic E-state index is 0.0426. The number of amides is 1. The Bertz CT molecular complexity index is 1830. The molecular weight excluding hydrogens is 547 g/mol. The maximum Gasteiger partial charge on any atom is 0.416 e. The minimum atomic E-state index is -4.64. The molecule has 1 amide bonds. The molecule has 0 aliphatic heterocycles. The van der Waals surface area contributed by atoms with Crippen LogP contribution in [0.15, 0.2) is 74.8 Å². The summed E-state index contributed by atoms with van der Waals surface area (Å²) in [5.74, 6) is -0.850. The maximum absolute atomic E-state index is 13.5. The fourth-order valence-electron chi connectivity index (χ4n) is 3.99. The molecule has 4 rings (SSSR count). The monoisotopic (exact) mass is 569 g/mol. The van der Waals surface area contributed by atoms with E-state index in [1.807, 2.05) is 0 Å². The molecule has 4 aromatic rings. The lowest BCUT2D eigenvalue weighted by Gasteiger charge is -2.17. The molecule has 0 fully saturated rings. The van der Waals surface area contributed by atoms with Gasteiger partial charge in [-0.15, -0.1) is 4.36 Å². The van der Waals surface area contributed by atoms with Crippen molar-refractivity contribution < 1.29 is 22.2 Å². The Morgan fingerprint density at radius 3 is 2.48 bits per heavy atom. The highest BCUT2D eigenvalue weighted by Crippen LogP contribution is 2.31. The normalized spacial score (nSPS) is 12.8. The second-order valence-corrected chi connectivity index (χ2v) is 11.0. The van der Waals surface area contributed by atoms with Crippen molar-refractivity contribution in [3.8, 4) is 23.3 Å². The third-order valence-corrected chi connectivity index (χ3v) is 7.62. The predicted octanol–water partition coefficient (Wildman–Crippen LogP) is 3.83. The third kappa shape index (κ3) is 5.64. The molecule has 0 bridgehead atoms. The number of benzene rings is 2. The number of hydrogen-bond donors (Lipinski definition) is 1. The largest absolute Gasteiger partial charge is 0.416 e. The van der Waals surface area contributed by atoms with Gasteiger partial charge in [-0.05, 0) is 48.9 Å². The Morgan fingerprint density at radius 2 is 1.88 bits per heavy atom. The van der Waals surface area contributed by atoms with Crippen molar-refractivity contribution in [2.24, 2.45) is 11.4 Å². The van der Waals surface area contributed by atoms with E-state index in [4.69, 9.17) is 5.26 Å². The van der Waals surface area contributed by atoms with Gasteiger partial charge < -0.3 is 5.32 Å². The Labute approximate surface area is 226 Å². The van der Waals surface area contributed by atoms with Crippen molar-refractivity contribution in [2.75, 3.05) is 6.26 Å². The first-order valence-electron chi connectivity index (χ1n) is 11.6. The second kappa shape index (κ2) is 10.8. The van der Waals surface area contributed by atoms with Crippen molar-refractivity contribution in [3.63, 3.8) is 0 Å². The van der Waals surface area contributed by atoms with Gasteiger partial charge in [-0.3, -0.25) is 18.8 Å². The Hall–Kier alpha value is -4.77. The molecule has 40 heavy (non-hydrogen) atoms. The molecule has 1 N–H and O–H groups in total. The first-order valence-corrected chi connectivity index (χ1v) is 13.5. The Morgan fingerprint density at radius 1 is 1.18 bits per heavy atom. The number of rotatable bonds is 6. The van der Waals surface area contributed by atoms with Crippen LogP contribution in [0.2, 0.25) is 0 Å². The van der Waals surface area contributed by atoms with Crippen LogP contribution in [0.3, 0.4) is 0 Å². The highest BCUT2D eigenvalue weighted by atomic mass is 32.2. The predicted molar refractivity (Wildman–Crippen MR) is 140 cm³/mol. The van der Waals surface area contributed by atoms with Gasteiger partial charge in [0.1, 0.15) is 5.69 Å². The summed E-state index contributed by atoms with van der Waals surface area (Å²) in [5, 5.41) is 15.4. The quantitative estimate of drug-likeness (QED) is 0.351. The molecule has 206 valence electrons. The zero-order valence-electron chi connectivity index (χ0n) is 21.4. The number of alkyl halides is 3. The number of nitrogens with zero attached hydrogens (tertiary/aromatic N) is 6. The summed E-state index contributed by atoms with van der Waals surface area (Å²) in [5.41, 5.74) is -1.05. The summed E-state index contributed by atoms with van der Waals surface area (Å²) in [7, 11) is -1.27. The molecule has 2 heterocycles.